The summed E-state index contributed by atoms with van der Waals surface area (Å²) in [5.41, 5.74) is 2.16. The van der Waals surface area contributed by atoms with Crippen LogP contribution in [0.3, 0.4) is 0 Å². The van der Waals surface area contributed by atoms with Crippen molar-refractivity contribution in [2.24, 2.45) is 16.7 Å². The molecule has 0 amide bonds. The Kier molecular flexibility index (Phi) is 3.11. The van der Waals surface area contributed by atoms with E-state index in [1.165, 1.54) is 15.6 Å². The maximum Gasteiger partial charge on any atom is 0.0900 e. The Morgan fingerprint density at radius 2 is 1.76 bits per heavy atom. The highest BCUT2D eigenvalue weighted by atomic mass is 32.1. The molecular weight excluding hydrogens is 228 g/mol. The van der Waals surface area contributed by atoms with Crippen molar-refractivity contribution in [2.75, 3.05) is 6.54 Å². The van der Waals surface area contributed by atoms with Crippen LogP contribution in [0.1, 0.15) is 43.3 Å². The van der Waals surface area contributed by atoms with E-state index in [1.54, 1.807) is 0 Å². The van der Waals surface area contributed by atoms with E-state index in [1.807, 2.05) is 11.3 Å². The average molecular weight is 252 g/mol. The standard InChI is InChI=1S/C14H24N2S/c1-9-11(17-10(2)16-9)7-15-8-12-13(3,4)14(12,5)6/h12,15H,7-8H2,1-6H3. The van der Waals surface area contributed by atoms with Crippen LogP contribution >= 0.6 is 11.3 Å². The molecule has 0 aromatic carbocycles. The van der Waals surface area contributed by atoms with E-state index in [-0.39, 0.29) is 0 Å². The number of hydrogen-bond acceptors (Lipinski definition) is 3. The van der Waals surface area contributed by atoms with Crippen molar-refractivity contribution in [3.8, 4) is 0 Å². The summed E-state index contributed by atoms with van der Waals surface area (Å²) < 4.78 is 0. The fraction of sp³-hybridized carbons (Fsp3) is 0.786. The largest absolute Gasteiger partial charge is 0.311 e. The van der Waals surface area contributed by atoms with Crippen molar-refractivity contribution in [1.82, 2.24) is 10.3 Å². The fourth-order valence-corrected chi connectivity index (χ4v) is 3.82. The summed E-state index contributed by atoms with van der Waals surface area (Å²) in [5.74, 6) is 0.796. The molecule has 96 valence electrons. The average Bonchev–Trinajstić information content (AvgIpc) is 2.49. The zero-order valence-electron chi connectivity index (χ0n) is 11.8. The Hall–Kier alpha value is -0.410. The second-order valence-electron chi connectivity index (χ2n) is 6.37. The highest BCUT2D eigenvalue weighted by molar-refractivity contribution is 7.11. The maximum absolute atomic E-state index is 4.46. The molecule has 1 aromatic heterocycles. The predicted octanol–water partition coefficient (Wildman–Crippen LogP) is 3.53. The molecule has 0 unspecified atom stereocenters. The lowest BCUT2D eigenvalue weighted by Gasteiger charge is -2.05. The molecule has 0 atom stereocenters. The summed E-state index contributed by atoms with van der Waals surface area (Å²) in [4.78, 5) is 5.85. The van der Waals surface area contributed by atoms with E-state index in [9.17, 15) is 0 Å². The van der Waals surface area contributed by atoms with E-state index in [0.29, 0.717) is 10.8 Å². The Morgan fingerprint density at radius 1 is 1.18 bits per heavy atom. The third-order valence-electron chi connectivity index (χ3n) is 4.95. The minimum atomic E-state index is 0.485. The first-order valence-corrected chi connectivity index (χ1v) is 7.22. The van der Waals surface area contributed by atoms with Crippen LogP contribution in [0.5, 0.6) is 0 Å². The van der Waals surface area contributed by atoms with E-state index in [4.69, 9.17) is 0 Å². The summed E-state index contributed by atoms with van der Waals surface area (Å²) in [6.45, 7) is 15.8. The van der Waals surface area contributed by atoms with Crippen molar-refractivity contribution in [1.29, 1.82) is 0 Å². The van der Waals surface area contributed by atoms with Crippen LogP contribution in [0.15, 0.2) is 0 Å². The molecule has 1 aliphatic carbocycles. The maximum atomic E-state index is 4.46. The van der Waals surface area contributed by atoms with Crippen LogP contribution in [0, 0.1) is 30.6 Å². The molecule has 1 fully saturated rings. The van der Waals surface area contributed by atoms with Crippen LogP contribution in [-0.4, -0.2) is 11.5 Å². The van der Waals surface area contributed by atoms with Crippen LogP contribution in [-0.2, 0) is 6.54 Å². The Morgan fingerprint density at radius 3 is 2.18 bits per heavy atom. The highest BCUT2D eigenvalue weighted by Gasteiger charge is 2.63. The van der Waals surface area contributed by atoms with Gasteiger partial charge in [0, 0.05) is 11.4 Å². The summed E-state index contributed by atoms with van der Waals surface area (Å²) in [5, 5.41) is 4.77. The third kappa shape index (κ3) is 2.15. The lowest BCUT2D eigenvalue weighted by atomic mass is 10.0. The number of aromatic nitrogens is 1. The topological polar surface area (TPSA) is 24.9 Å². The van der Waals surface area contributed by atoms with E-state index < -0.39 is 0 Å². The van der Waals surface area contributed by atoms with Gasteiger partial charge in [0.15, 0.2) is 0 Å². The van der Waals surface area contributed by atoms with E-state index in [0.717, 1.165) is 19.0 Å². The smallest absolute Gasteiger partial charge is 0.0900 e. The molecule has 0 bridgehead atoms. The second-order valence-corrected chi connectivity index (χ2v) is 7.66. The minimum absolute atomic E-state index is 0.485. The first kappa shape index (κ1) is 13.0. The minimum Gasteiger partial charge on any atom is -0.311 e. The number of rotatable bonds is 4. The number of nitrogens with one attached hydrogen (secondary N) is 1. The fourth-order valence-electron chi connectivity index (χ4n) is 2.91. The molecule has 2 rings (SSSR count). The quantitative estimate of drug-likeness (QED) is 0.886. The summed E-state index contributed by atoms with van der Waals surface area (Å²) in [7, 11) is 0. The van der Waals surface area contributed by atoms with Gasteiger partial charge in [0.25, 0.3) is 0 Å². The molecule has 1 saturated carbocycles. The normalized spacial score (nSPS) is 21.8. The van der Waals surface area contributed by atoms with E-state index in [2.05, 4.69) is 51.8 Å². The molecule has 0 saturated heterocycles. The van der Waals surface area contributed by atoms with Crippen molar-refractivity contribution in [2.45, 2.75) is 48.1 Å². The van der Waals surface area contributed by atoms with Crippen LogP contribution in [0.2, 0.25) is 0 Å². The molecule has 1 aromatic rings. The summed E-state index contributed by atoms with van der Waals surface area (Å²) >= 11 is 1.81. The van der Waals surface area contributed by atoms with Gasteiger partial charge in [-0.2, -0.15) is 0 Å². The van der Waals surface area contributed by atoms with Gasteiger partial charge in [-0.1, -0.05) is 27.7 Å². The molecule has 3 heteroatoms. The van der Waals surface area contributed by atoms with Gasteiger partial charge < -0.3 is 5.32 Å². The lowest BCUT2D eigenvalue weighted by molar-refractivity contribution is 0.457. The molecule has 1 N–H and O–H groups in total. The third-order valence-corrected chi connectivity index (χ3v) is 6.03. The Balaban J connectivity index is 1.84. The molecule has 2 nitrogen and oxygen atoms in total. The Bertz CT molecular complexity index is 404. The molecule has 0 aliphatic heterocycles. The van der Waals surface area contributed by atoms with Crippen molar-refractivity contribution in [3.63, 3.8) is 0 Å². The van der Waals surface area contributed by atoms with Crippen molar-refractivity contribution >= 4 is 11.3 Å². The molecule has 1 aliphatic rings. The van der Waals surface area contributed by atoms with Crippen molar-refractivity contribution < 1.29 is 0 Å². The highest BCUT2D eigenvalue weighted by Crippen LogP contribution is 2.67. The van der Waals surface area contributed by atoms with Crippen LogP contribution in [0.25, 0.3) is 0 Å². The Labute approximate surface area is 109 Å². The molecule has 0 spiro atoms. The lowest BCUT2D eigenvalue weighted by Crippen LogP contribution is -2.18. The molecule has 1 heterocycles. The van der Waals surface area contributed by atoms with Gasteiger partial charge in [0.1, 0.15) is 0 Å². The SMILES string of the molecule is Cc1nc(C)c(CNCC2C(C)(C)C2(C)C)s1. The van der Waals surface area contributed by atoms with E-state index >= 15 is 0 Å². The zero-order chi connectivity index (χ0) is 12.8. The van der Waals surface area contributed by atoms with Gasteiger partial charge in [0.05, 0.1) is 10.7 Å². The first-order valence-electron chi connectivity index (χ1n) is 6.40. The zero-order valence-corrected chi connectivity index (χ0v) is 12.7. The monoisotopic (exact) mass is 252 g/mol. The number of aryl methyl sites for hydroxylation is 2. The van der Waals surface area contributed by atoms with Crippen LogP contribution in [0.4, 0.5) is 0 Å². The van der Waals surface area contributed by atoms with Gasteiger partial charge in [0.2, 0.25) is 0 Å². The summed E-state index contributed by atoms with van der Waals surface area (Å²) in [6, 6.07) is 0. The predicted molar refractivity (Wildman–Crippen MR) is 74.3 cm³/mol. The number of hydrogen-bond donors (Lipinski definition) is 1. The van der Waals surface area contributed by atoms with Gasteiger partial charge >= 0.3 is 0 Å². The van der Waals surface area contributed by atoms with Gasteiger partial charge in [-0.25, -0.2) is 4.98 Å². The molecule has 17 heavy (non-hydrogen) atoms. The van der Waals surface area contributed by atoms with Crippen LogP contribution < -0.4 is 5.32 Å². The number of nitrogens with zero attached hydrogens (tertiary/aromatic N) is 1. The molecular formula is C14H24N2S. The van der Waals surface area contributed by atoms with Gasteiger partial charge in [-0.3, -0.25) is 0 Å². The number of thiazole rings is 1. The second kappa shape index (κ2) is 4.06. The van der Waals surface area contributed by atoms with Crippen molar-refractivity contribution in [3.05, 3.63) is 15.6 Å². The molecule has 0 radical (unpaired) electrons. The van der Waals surface area contributed by atoms with Gasteiger partial charge in [-0.15, -0.1) is 11.3 Å². The van der Waals surface area contributed by atoms with Gasteiger partial charge in [-0.05, 0) is 37.1 Å². The first-order chi connectivity index (χ1) is 7.76. The summed E-state index contributed by atoms with van der Waals surface area (Å²) in [6.07, 6.45) is 0.